The van der Waals surface area contributed by atoms with E-state index >= 15 is 0 Å². The summed E-state index contributed by atoms with van der Waals surface area (Å²) < 4.78 is 7.25. The zero-order valence-electron chi connectivity index (χ0n) is 12.9. The Hall–Kier alpha value is -2.43. The van der Waals surface area contributed by atoms with E-state index in [1.165, 1.54) is 0 Å². The zero-order valence-corrected chi connectivity index (χ0v) is 12.9. The fraction of sp³-hybridized carbons (Fsp3) is 0.312. The SMILES string of the molecule is CCn1c(C)cc(C(=O)Nc2cc(OC)ccc2N)c1C. The first-order valence-corrected chi connectivity index (χ1v) is 6.89. The predicted molar refractivity (Wildman–Crippen MR) is 84.9 cm³/mol. The Morgan fingerprint density at radius 2 is 2.05 bits per heavy atom. The Morgan fingerprint density at radius 3 is 2.62 bits per heavy atom. The molecule has 0 unspecified atom stereocenters. The van der Waals surface area contributed by atoms with Crippen molar-refractivity contribution in [2.45, 2.75) is 27.3 Å². The van der Waals surface area contributed by atoms with Crippen molar-refractivity contribution < 1.29 is 9.53 Å². The van der Waals surface area contributed by atoms with Gasteiger partial charge in [-0.3, -0.25) is 4.79 Å². The molecule has 0 fully saturated rings. The first-order chi connectivity index (χ1) is 9.97. The number of hydrogen-bond donors (Lipinski definition) is 2. The number of amides is 1. The predicted octanol–water partition coefficient (Wildman–Crippen LogP) is 2.97. The van der Waals surface area contributed by atoms with E-state index in [-0.39, 0.29) is 5.91 Å². The number of nitrogen functional groups attached to an aromatic ring is 1. The van der Waals surface area contributed by atoms with Crippen molar-refractivity contribution in [2.24, 2.45) is 0 Å². The number of aryl methyl sites for hydroxylation is 1. The summed E-state index contributed by atoms with van der Waals surface area (Å²) in [5.74, 6) is 0.487. The highest BCUT2D eigenvalue weighted by Gasteiger charge is 2.16. The summed E-state index contributed by atoms with van der Waals surface area (Å²) in [4.78, 5) is 12.4. The van der Waals surface area contributed by atoms with Gasteiger partial charge in [0.2, 0.25) is 0 Å². The van der Waals surface area contributed by atoms with Crippen LogP contribution in [0.25, 0.3) is 0 Å². The highest BCUT2D eigenvalue weighted by atomic mass is 16.5. The van der Waals surface area contributed by atoms with E-state index in [9.17, 15) is 4.79 Å². The van der Waals surface area contributed by atoms with Crippen molar-refractivity contribution in [1.29, 1.82) is 0 Å². The van der Waals surface area contributed by atoms with Crippen LogP contribution in [0, 0.1) is 13.8 Å². The average Bonchev–Trinajstić information content (AvgIpc) is 2.75. The third kappa shape index (κ3) is 2.86. The highest BCUT2D eigenvalue weighted by molar-refractivity contribution is 6.06. The minimum Gasteiger partial charge on any atom is -0.497 e. The van der Waals surface area contributed by atoms with Gasteiger partial charge in [0.25, 0.3) is 5.91 Å². The van der Waals surface area contributed by atoms with E-state index in [2.05, 4.69) is 16.8 Å². The van der Waals surface area contributed by atoms with Gasteiger partial charge in [-0.25, -0.2) is 0 Å². The van der Waals surface area contributed by atoms with Gasteiger partial charge in [-0.1, -0.05) is 0 Å². The molecule has 0 aliphatic carbocycles. The Morgan fingerprint density at radius 1 is 1.33 bits per heavy atom. The minimum atomic E-state index is -0.164. The maximum atomic E-state index is 12.4. The van der Waals surface area contributed by atoms with Gasteiger partial charge in [0.05, 0.1) is 24.0 Å². The third-order valence-electron chi connectivity index (χ3n) is 3.64. The molecule has 5 heteroatoms. The van der Waals surface area contributed by atoms with Crippen LogP contribution in [-0.4, -0.2) is 17.6 Å². The molecular formula is C16H21N3O2. The molecule has 0 saturated heterocycles. The number of anilines is 2. The van der Waals surface area contributed by atoms with Crippen LogP contribution in [0.5, 0.6) is 5.75 Å². The molecular weight excluding hydrogens is 266 g/mol. The van der Waals surface area contributed by atoms with Crippen LogP contribution in [0.1, 0.15) is 28.7 Å². The molecule has 21 heavy (non-hydrogen) atoms. The number of methoxy groups -OCH3 is 1. The number of nitrogens with two attached hydrogens (primary N) is 1. The number of carbonyl (C=O) groups is 1. The van der Waals surface area contributed by atoms with Gasteiger partial charge in [-0.15, -0.1) is 0 Å². The van der Waals surface area contributed by atoms with Gasteiger partial charge < -0.3 is 20.4 Å². The number of aromatic nitrogens is 1. The molecule has 0 saturated carbocycles. The molecule has 0 spiro atoms. The lowest BCUT2D eigenvalue weighted by atomic mass is 10.2. The van der Waals surface area contributed by atoms with Crippen molar-refractivity contribution in [3.63, 3.8) is 0 Å². The van der Waals surface area contributed by atoms with E-state index in [0.717, 1.165) is 17.9 Å². The number of carbonyl (C=O) groups excluding carboxylic acids is 1. The first-order valence-electron chi connectivity index (χ1n) is 6.89. The number of nitrogens with one attached hydrogen (secondary N) is 1. The lowest BCUT2D eigenvalue weighted by molar-refractivity contribution is 0.102. The number of ether oxygens (including phenoxy) is 1. The van der Waals surface area contributed by atoms with Crippen LogP contribution >= 0.6 is 0 Å². The average molecular weight is 287 g/mol. The molecule has 0 bridgehead atoms. The van der Waals surface area contributed by atoms with Crippen LogP contribution in [0.3, 0.4) is 0 Å². The summed E-state index contributed by atoms with van der Waals surface area (Å²) in [5, 5.41) is 2.85. The summed E-state index contributed by atoms with van der Waals surface area (Å²) in [7, 11) is 1.58. The highest BCUT2D eigenvalue weighted by Crippen LogP contribution is 2.25. The fourth-order valence-electron chi connectivity index (χ4n) is 2.48. The van der Waals surface area contributed by atoms with Crippen LogP contribution in [0.2, 0.25) is 0 Å². The largest absolute Gasteiger partial charge is 0.497 e. The molecule has 112 valence electrons. The molecule has 0 atom stereocenters. The number of hydrogen-bond acceptors (Lipinski definition) is 3. The molecule has 1 amide bonds. The van der Waals surface area contributed by atoms with Crippen molar-refractivity contribution in [2.75, 3.05) is 18.2 Å². The van der Waals surface area contributed by atoms with Gasteiger partial charge in [-0.2, -0.15) is 0 Å². The summed E-state index contributed by atoms with van der Waals surface area (Å²) in [5.41, 5.74) is 9.64. The van der Waals surface area contributed by atoms with E-state index in [1.807, 2.05) is 19.9 Å². The van der Waals surface area contributed by atoms with Crippen molar-refractivity contribution in [3.05, 3.63) is 41.2 Å². The third-order valence-corrected chi connectivity index (χ3v) is 3.64. The van der Waals surface area contributed by atoms with Crippen LogP contribution in [0.4, 0.5) is 11.4 Å². The molecule has 0 aliphatic rings. The molecule has 5 nitrogen and oxygen atoms in total. The Bertz CT molecular complexity index is 674. The van der Waals surface area contributed by atoms with Crippen LogP contribution in [-0.2, 0) is 6.54 Å². The van der Waals surface area contributed by atoms with Gasteiger partial charge in [0.1, 0.15) is 5.75 Å². The zero-order chi connectivity index (χ0) is 15.6. The standard InChI is InChI=1S/C16H21N3O2/c1-5-19-10(2)8-13(11(19)3)16(20)18-15-9-12(21-4)6-7-14(15)17/h6-9H,5,17H2,1-4H3,(H,18,20). The number of benzene rings is 1. The van der Waals surface area contributed by atoms with Gasteiger partial charge in [0.15, 0.2) is 0 Å². The van der Waals surface area contributed by atoms with Gasteiger partial charge in [0, 0.05) is 24.0 Å². The van der Waals surface area contributed by atoms with E-state index < -0.39 is 0 Å². The molecule has 1 aromatic heterocycles. The second kappa shape index (κ2) is 5.91. The molecule has 1 heterocycles. The number of rotatable bonds is 4. The van der Waals surface area contributed by atoms with Crippen LogP contribution in [0.15, 0.2) is 24.3 Å². The summed E-state index contributed by atoms with van der Waals surface area (Å²) in [6.07, 6.45) is 0. The van der Waals surface area contributed by atoms with E-state index in [0.29, 0.717) is 22.7 Å². The lowest BCUT2D eigenvalue weighted by Gasteiger charge is -2.10. The molecule has 1 aromatic carbocycles. The normalized spacial score (nSPS) is 10.5. The van der Waals surface area contributed by atoms with Gasteiger partial charge >= 0.3 is 0 Å². The second-order valence-corrected chi connectivity index (χ2v) is 4.94. The maximum Gasteiger partial charge on any atom is 0.257 e. The second-order valence-electron chi connectivity index (χ2n) is 4.94. The van der Waals surface area contributed by atoms with Crippen molar-refractivity contribution >= 4 is 17.3 Å². The Kier molecular flexibility index (Phi) is 4.21. The molecule has 0 aliphatic heterocycles. The first kappa shape index (κ1) is 15.0. The fourth-order valence-corrected chi connectivity index (χ4v) is 2.48. The van der Waals surface area contributed by atoms with Gasteiger partial charge in [-0.05, 0) is 39.0 Å². The summed E-state index contributed by atoms with van der Waals surface area (Å²) >= 11 is 0. The van der Waals surface area contributed by atoms with Crippen molar-refractivity contribution in [3.8, 4) is 5.75 Å². The molecule has 2 aromatic rings. The number of nitrogens with zero attached hydrogens (tertiary/aromatic N) is 1. The topological polar surface area (TPSA) is 69.3 Å². The molecule has 0 radical (unpaired) electrons. The van der Waals surface area contributed by atoms with Crippen LogP contribution < -0.4 is 15.8 Å². The smallest absolute Gasteiger partial charge is 0.257 e. The van der Waals surface area contributed by atoms with E-state index in [1.54, 1.807) is 25.3 Å². The minimum absolute atomic E-state index is 0.164. The quantitative estimate of drug-likeness (QED) is 0.849. The van der Waals surface area contributed by atoms with Crippen molar-refractivity contribution in [1.82, 2.24) is 4.57 Å². The Labute approximate surface area is 124 Å². The Balaban J connectivity index is 2.30. The molecule has 2 rings (SSSR count). The van der Waals surface area contributed by atoms with E-state index in [4.69, 9.17) is 10.5 Å². The molecule has 3 N–H and O–H groups in total. The lowest BCUT2D eigenvalue weighted by Crippen LogP contribution is -2.14. The maximum absolute atomic E-state index is 12.4. The monoisotopic (exact) mass is 287 g/mol. The summed E-state index contributed by atoms with van der Waals surface area (Å²) in [6, 6.07) is 7.08. The summed E-state index contributed by atoms with van der Waals surface area (Å²) in [6.45, 7) is 6.83.